The van der Waals surface area contributed by atoms with Gasteiger partial charge in [-0.3, -0.25) is 14.5 Å². The zero-order valence-corrected chi connectivity index (χ0v) is 15.3. The van der Waals surface area contributed by atoms with E-state index in [4.69, 9.17) is 5.10 Å². The second-order valence-electron chi connectivity index (χ2n) is 6.74. The van der Waals surface area contributed by atoms with Gasteiger partial charge in [0.05, 0.1) is 11.2 Å². The first kappa shape index (κ1) is 17.7. The summed E-state index contributed by atoms with van der Waals surface area (Å²) in [6.07, 6.45) is 1.31. The number of aromatic nitrogens is 2. The van der Waals surface area contributed by atoms with Crippen LogP contribution in [0.3, 0.4) is 0 Å². The summed E-state index contributed by atoms with van der Waals surface area (Å²) in [7, 11) is 0. The van der Waals surface area contributed by atoms with Gasteiger partial charge in [0.15, 0.2) is 0 Å². The molecule has 1 aromatic carbocycles. The smallest absolute Gasteiger partial charge is 0.0843 e. The summed E-state index contributed by atoms with van der Waals surface area (Å²) >= 11 is 0. The van der Waals surface area contributed by atoms with Gasteiger partial charge in [0.25, 0.3) is 0 Å². The van der Waals surface area contributed by atoms with Crippen molar-refractivity contribution >= 4 is 23.3 Å². The molecule has 0 spiro atoms. The molecule has 0 saturated carbocycles. The van der Waals surface area contributed by atoms with E-state index >= 15 is 0 Å². The Balaban J connectivity index is 0.00000169. The summed E-state index contributed by atoms with van der Waals surface area (Å²) < 4.78 is 2.13. The second kappa shape index (κ2) is 7.83. The van der Waals surface area contributed by atoms with Crippen molar-refractivity contribution < 1.29 is 0 Å². The van der Waals surface area contributed by atoms with Gasteiger partial charge in [0.1, 0.15) is 0 Å². The first-order valence-electron chi connectivity index (χ1n) is 8.96. The molecule has 1 unspecified atom stereocenters. The Hall–Kier alpha value is -1.14. The van der Waals surface area contributed by atoms with Gasteiger partial charge in [-0.15, -0.1) is 12.4 Å². The van der Waals surface area contributed by atoms with Crippen molar-refractivity contribution in [2.24, 2.45) is 0 Å². The molecule has 24 heavy (non-hydrogen) atoms. The van der Waals surface area contributed by atoms with Crippen LogP contribution in [0, 0.1) is 0 Å². The number of nitrogens with zero attached hydrogens (tertiary/aromatic N) is 4. The van der Waals surface area contributed by atoms with Crippen molar-refractivity contribution in [2.45, 2.75) is 32.5 Å². The predicted octanol–water partition coefficient (Wildman–Crippen LogP) is 1.96. The van der Waals surface area contributed by atoms with Gasteiger partial charge in [0, 0.05) is 57.2 Å². The first-order valence-corrected chi connectivity index (χ1v) is 8.96. The molecule has 4 rings (SSSR count). The van der Waals surface area contributed by atoms with E-state index in [0.717, 1.165) is 32.2 Å². The lowest BCUT2D eigenvalue weighted by Crippen LogP contribution is -2.50. The van der Waals surface area contributed by atoms with E-state index in [9.17, 15) is 0 Å². The summed E-state index contributed by atoms with van der Waals surface area (Å²) in [6.45, 7) is 11.1. The molecule has 2 aromatic rings. The van der Waals surface area contributed by atoms with Crippen LogP contribution in [0.25, 0.3) is 10.9 Å². The lowest BCUT2D eigenvalue weighted by molar-refractivity contribution is 0.0974. The maximum atomic E-state index is 4.85. The molecule has 5 nitrogen and oxygen atoms in total. The van der Waals surface area contributed by atoms with Crippen LogP contribution in [0.2, 0.25) is 0 Å². The molecule has 3 heterocycles. The SMILES string of the molecule is CCn1nc(CN2CCN(C3CCNC3)CC2)c2ccccc21.Cl. The summed E-state index contributed by atoms with van der Waals surface area (Å²) in [5.41, 5.74) is 2.50. The van der Waals surface area contributed by atoms with Crippen LogP contribution in [-0.2, 0) is 13.1 Å². The van der Waals surface area contributed by atoms with E-state index in [2.05, 4.69) is 51.0 Å². The van der Waals surface area contributed by atoms with Crippen LogP contribution < -0.4 is 5.32 Å². The number of aryl methyl sites for hydroxylation is 1. The lowest BCUT2D eigenvalue weighted by atomic mass is 10.1. The van der Waals surface area contributed by atoms with Crippen molar-refractivity contribution in [3.05, 3.63) is 30.0 Å². The summed E-state index contributed by atoms with van der Waals surface area (Å²) in [4.78, 5) is 5.23. The maximum absolute atomic E-state index is 4.85. The molecular weight excluding hydrogens is 322 g/mol. The van der Waals surface area contributed by atoms with Gasteiger partial charge in [-0.25, -0.2) is 0 Å². The molecule has 2 aliphatic rings. The molecule has 1 N–H and O–H groups in total. The fourth-order valence-electron chi connectivity index (χ4n) is 4.00. The third-order valence-corrected chi connectivity index (χ3v) is 5.36. The Morgan fingerprint density at radius 2 is 1.96 bits per heavy atom. The monoisotopic (exact) mass is 349 g/mol. The number of benzene rings is 1. The fraction of sp³-hybridized carbons (Fsp3) is 0.611. The zero-order chi connectivity index (χ0) is 15.6. The number of rotatable bonds is 4. The Morgan fingerprint density at radius 1 is 1.17 bits per heavy atom. The molecule has 0 aliphatic carbocycles. The van der Waals surface area contributed by atoms with Crippen LogP contribution in [0.5, 0.6) is 0 Å². The highest BCUT2D eigenvalue weighted by atomic mass is 35.5. The molecule has 1 atom stereocenters. The predicted molar refractivity (Wildman–Crippen MR) is 101 cm³/mol. The fourth-order valence-corrected chi connectivity index (χ4v) is 4.00. The third-order valence-electron chi connectivity index (χ3n) is 5.36. The van der Waals surface area contributed by atoms with Crippen LogP contribution in [0.4, 0.5) is 0 Å². The highest BCUT2D eigenvalue weighted by Crippen LogP contribution is 2.21. The summed E-state index contributed by atoms with van der Waals surface area (Å²) in [5, 5.41) is 9.65. The van der Waals surface area contributed by atoms with E-state index in [-0.39, 0.29) is 12.4 Å². The van der Waals surface area contributed by atoms with E-state index in [0.29, 0.717) is 0 Å². The average molecular weight is 350 g/mol. The largest absolute Gasteiger partial charge is 0.315 e. The van der Waals surface area contributed by atoms with Crippen LogP contribution >= 0.6 is 12.4 Å². The Labute approximate surface area is 150 Å². The maximum Gasteiger partial charge on any atom is 0.0843 e. The summed E-state index contributed by atoms with van der Waals surface area (Å²) in [6, 6.07) is 9.38. The summed E-state index contributed by atoms with van der Waals surface area (Å²) in [5.74, 6) is 0. The van der Waals surface area contributed by atoms with Gasteiger partial charge in [-0.2, -0.15) is 5.10 Å². The van der Waals surface area contributed by atoms with Crippen molar-refractivity contribution in [3.63, 3.8) is 0 Å². The normalized spacial score (nSPS) is 22.8. The Morgan fingerprint density at radius 3 is 2.67 bits per heavy atom. The van der Waals surface area contributed by atoms with Crippen molar-refractivity contribution in [1.29, 1.82) is 0 Å². The van der Waals surface area contributed by atoms with Crippen molar-refractivity contribution in [1.82, 2.24) is 24.9 Å². The van der Waals surface area contributed by atoms with Crippen molar-refractivity contribution in [3.8, 4) is 0 Å². The quantitative estimate of drug-likeness (QED) is 0.915. The highest BCUT2D eigenvalue weighted by molar-refractivity contribution is 5.85. The van der Waals surface area contributed by atoms with E-state index in [1.54, 1.807) is 0 Å². The molecule has 0 radical (unpaired) electrons. The first-order chi connectivity index (χ1) is 11.3. The Kier molecular flexibility index (Phi) is 5.76. The number of halogens is 1. The molecule has 1 aromatic heterocycles. The van der Waals surface area contributed by atoms with Gasteiger partial charge in [0.2, 0.25) is 0 Å². The van der Waals surface area contributed by atoms with Gasteiger partial charge in [-0.1, -0.05) is 18.2 Å². The molecule has 0 bridgehead atoms. The minimum atomic E-state index is 0. The topological polar surface area (TPSA) is 36.3 Å². The third kappa shape index (κ3) is 3.45. The average Bonchev–Trinajstić information content (AvgIpc) is 3.24. The van der Waals surface area contributed by atoms with Gasteiger partial charge < -0.3 is 5.32 Å². The second-order valence-corrected chi connectivity index (χ2v) is 6.74. The minimum Gasteiger partial charge on any atom is -0.315 e. The number of piperazine rings is 1. The van der Waals surface area contributed by atoms with Crippen LogP contribution in [-0.4, -0.2) is 64.9 Å². The number of para-hydroxylation sites is 1. The molecule has 0 amide bonds. The van der Waals surface area contributed by atoms with E-state index in [1.807, 2.05) is 0 Å². The van der Waals surface area contributed by atoms with E-state index < -0.39 is 0 Å². The number of hydrogen-bond acceptors (Lipinski definition) is 4. The Bertz CT molecular complexity index is 656. The molecular formula is C18H28ClN5. The lowest BCUT2D eigenvalue weighted by Gasteiger charge is -2.37. The zero-order valence-electron chi connectivity index (χ0n) is 14.4. The number of fused-ring (bicyclic) bond motifs is 1. The number of hydrogen-bond donors (Lipinski definition) is 1. The van der Waals surface area contributed by atoms with Crippen LogP contribution in [0.15, 0.2) is 24.3 Å². The van der Waals surface area contributed by atoms with Gasteiger partial charge in [-0.05, 0) is 26.0 Å². The van der Waals surface area contributed by atoms with Crippen LogP contribution in [0.1, 0.15) is 19.0 Å². The van der Waals surface area contributed by atoms with Gasteiger partial charge >= 0.3 is 0 Å². The highest BCUT2D eigenvalue weighted by Gasteiger charge is 2.26. The molecule has 2 fully saturated rings. The number of nitrogens with one attached hydrogen (secondary N) is 1. The van der Waals surface area contributed by atoms with Crippen molar-refractivity contribution in [2.75, 3.05) is 39.3 Å². The molecule has 132 valence electrons. The molecule has 2 aliphatic heterocycles. The standard InChI is InChI=1S/C18H27N5.ClH/c1-2-23-18-6-4-3-5-16(18)17(20-23)14-21-9-11-22(12-10-21)15-7-8-19-13-15;/h3-6,15,19H,2,7-14H2,1H3;1H. The minimum absolute atomic E-state index is 0. The van der Waals surface area contributed by atoms with E-state index in [1.165, 1.54) is 49.2 Å². The molecule has 6 heteroatoms. The molecule has 2 saturated heterocycles.